The molecule has 0 amide bonds. The Labute approximate surface area is 158 Å². The Morgan fingerprint density at radius 3 is 2.69 bits per heavy atom. The molecule has 0 spiro atoms. The lowest BCUT2D eigenvalue weighted by Crippen LogP contribution is -2.49. The summed E-state index contributed by atoms with van der Waals surface area (Å²) in [6.45, 7) is 6.51. The monoisotopic (exact) mass is 367 g/mol. The van der Waals surface area contributed by atoms with Crippen molar-refractivity contribution in [3.8, 4) is 5.69 Å². The number of benzene rings is 2. The van der Waals surface area contributed by atoms with Gasteiger partial charge in [-0.3, -0.25) is 4.90 Å². The van der Waals surface area contributed by atoms with Crippen LogP contribution in [0.5, 0.6) is 0 Å². The average Bonchev–Trinajstić information content (AvgIpc) is 3.07. The van der Waals surface area contributed by atoms with E-state index in [9.17, 15) is 0 Å². The van der Waals surface area contributed by atoms with E-state index in [4.69, 9.17) is 11.6 Å². The Morgan fingerprint density at radius 2 is 1.88 bits per heavy atom. The maximum absolute atomic E-state index is 6.33. The first kappa shape index (κ1) is 17.2. The van der Waals surface area contributed by atoms with Crippen LogP contribution in [0.2, 0.25) is 5.02 Å². The largest absolute Gasteiger partial charge is 0.287 e. The molecule has 134 valence electrons. The zero-order valence-electron chi connectivity index (χ0n) is 15.4. The fourth-order valence-corrected chi connectivity index (χ4v) is 3.95. The van der Waals surface area contributed by atoms with E-state index in [-0.39, 0.29) is 11.6 Å². The predicted molar refractivity (Wildman–Crippen MR) is 103 cm³/mol. The molecule has 1 unspecified atom stereocenters. The first-order valence-electron chi connectivity index (χ1n) is 8.74. The molecule has 0 N–H and O–H groups in total. The maximum Gasteiger partial charge on any atom is 0.178 e. The summed E-state index contributed by atoms with van der Waals surface area (Å²) in [6.07, 6.45) is 0.994. The van der Waals surface area contributed by atoms with Crippen molar-refractivity contribution >= 4 is 11.6 Å². The molecule has 0 bridgehead atoms. The maximum atomic E-state index is 6.33. The highest BCUT2D eigenvalue weighted by Crippen LogP contribution is 2.40. The van der Waals surface area contributed by atoms with Gasteiger partial charge in [0.25, 0.3) is 0 Å². The van der Waals surface area contributed by atoms with E-state index in [1.54, 1.807) is 0 Å². The van der Waals surface area contributed by atoms with Gasteiger partial charge < -0.3 is 0 Å². The van der Waals surface area contributed by atoms with Gasteiger partial charge in [-0.25, -0.2) is 0 Å². The topological polar surface area (TPSA) is 46.8 Å². The van der Waals surface area contributed by atoms with Crippen LogP contribution in [0.25, 0.3) is 5.69 Å². The van der Waals surface area contributed by atoms with Crippen molar-refractivity contribution in [3.63, 3.8) is 0 Å². The first-order valence-corrected chi connectivity index (χ1v) is 9.12. The summed E-state index contributed by atoms with van der Waals surface area (Å²) < 4.78 is 1.82. The van der Waals surface area contributed by atoms with Gasteiger partial charge in [-0.1, -0.05) is 41.9 Å². The number of likely N-dealkylation sites (N-methyl/N-ethyl adjacent to an activating group) is 1. The van der Waals surface area contributed by atoms with E-state index in [1.165, 1.54) is 11.1 Å². The third kappa shape index (κ3) is 2.63. The van der Waals surface area contributed by atoms with Crippen LogP contribution in [0.1, 0.15) is 42.4 Å². The number of rotatable bonds is 2. The van der Waals surface area contributed by atoms with Crippen molar-refractivity contribution in [2.24, 2.45) is 0 Å². The summed E-state index contributed by atoms with van der Waals surface area (Å²) >= 11 is 6.33. The van der Waals surface area contributed by atoms with Crippen LogP contribution in [-0.2, 0) is 6.42 Å². The molecule has 26 heavy (non-hydrogen) atoms. The highest BCUT2D eigenvalue weighted by Gasteiger charge is 2.40. The van der Waals surface area contributed by atoms with E-state index < -0.39 is 0 Å². The van der Waals surface area contributed by atoms with E-state index in [1.807, 2.05) is 29.8 Å². The van der Waals surface area contributed by atoms with Crippen molar-refractivity contribution in [2.75, 3.05) is 7.05 Å². The minimum Gasteiger partial charge on any atom is -0.287 e. The quantitative estimate of drug-likeness (QED) is 0.687. The SMILES string of the molecule is Cc1c(Cl)cccc1-n1nnnc1C1c2ccccc2CC(C)(C)N1C. The Balaban J connectivity index is 1.92. The molecule has 4 rings (SSSR count). The van der Waals surface area contributed by atoms with Crippen molar-refractivity contribution in [1.82, 2.24) is 25.1 Å². The van der Waals surface area contributed by atoms with Gasteiger partial charge in [0.05, 0.1) is 11.7 Å². The fraction of sp³-hybridized carbons (Fsp3) is 0.350. The van der Waals surface area contributed by atoms with Gasteiger partial charge in [0.15, 0.2) is 5.82 Å². The highest BCUT2D eigenvalue weighted by molar-refractivity contribution is 6.31. The second-order valence-corrected chi connectivity index (χ2v) is 7.94. The highest BCUT2D eigenvalue weighted by atomic mass is 35.5. The van der Waals surface area contributed by atoms with Crippen molar-refractivity contribution < 1.29 is 0 Å². The summed E-state index contributed by atoms with van der Waals surface area (Å²) in [5.41, 5.74) is 4.47. The molecular weight excluding hydrogens is 346 g/mol. The predicted octanol–water partition coefficient (Wildman–Crippen LogP) is 3.98. The number of hydrogen-bond donors (Lipinski definition) is 0. The van der Waals surface area contributed by atoms with Gasteiger partial charge in [0, 0.05) is 10.6 Å². The molecule has 0 fully saturated rings. The Morgan fingerprint density at radius 1 is 1.12 bits per heavy atom. The second kappa shape index (κ2) is 6.18. The minimum atomic E-state index is -0.0247. The lowest BCUT2D eigenvalue weighted by Gasteiger charge is -2.45. The molecule has 1 aliphatic rings. The molecule has 3 aromatic rings. The van der Waals surface area contributed by atoms with Crippen LogP contribution in [-0.4, -0.2) is 37.7 Å². The first-order chi connectivity index (χ1) is 12.4. The Bertz CT molecular complexity index is 962. The summed E-state index contributed by atoms with van der Waals surface area (Å²) in [5.74, 6) is 0.804. The van der Waals surface area contributed by atoms with Gasteiger partial charge in [-0.05, 0) is 73.5 Å². The van der Waals surface area contributed by atoms with E-state index in [2.05, 4.69) is 65.6 Å². The van der Waals surface area contributed by atoms with Crippen LogP contribution in [0, 0.1) is 6.92 Å². The molecule has 2 heterocycles. The number of hydrogen-bond acceptors (Lipinski definition) is 4. The number of aromatic nitrogens is 4. The minimum absolute atomic E-state index is 0.000816. The smallest absolute Gasteiger partial charge is 0.178 e. The Kier molecular flexibility index (Phi) is 4.09. The van der Waals surface area contributed by atoms with Crippen molar-refractivity contribution in [2.45, 2.75) is 38.8 Å². The number of nitrogens with zero attached hydrogens (tertiary/aromatic N) is 5. The number of fused-ring (bicyclic) bond motifs is 1. The molecule has 2 aromatic carbocycles. The summed E-state index contributed by atoms with van der Waals surface area (Å²) in [7, 11) is 2.14. The lowest BCUT2D eigenvalue weighted by molar-refractivity contribution is 0.0993. The molecule has 0 saturated heterocycles. The molecular formula is C20H22ClN5. The average molecular weight is 368 g/mol. The molecule has 1 aromatic heterocycles. The van der Waals surface area contributed by atoms with Gasteiger partial charge >= 0.3 is 0 Å². The molecule has 5 nitrogen and oxygen atoms in total. The lowest BCUT2D eigenvalue weighted by atomic mass is 9.81. The molecule has 6 heteroatoms. The Hall–Kier alpha value is -2.24. The summed E-state index contributed by atoms with van der Waals surface area (Å²) in [4.78, 5) is 2.36. The van der Waals surface area contributed by atoms with Gasteiger partial charge in [0.2, 0.25) is 0 Å². The van der Waals surface area contributed by atoms with Crippen molar-refractivity contribution in [3.05, 3.63) is 70.0 Å². The standard InChI is InChI=1S/C20H22ClN5/c1-13-16(21)10-7-11-17(13)26-19(22-23-24-26)18-15-9-6-5-8-14(15)12-20(2,3)25(18)4/h5-11,18H,12H2,1-4H3. The van der Waals surface area contributed by atoms with E-state index in [0.717, 1.165) is 23.5 Å². The van der Waals surface area contributed by atoms with Crippen LogP contribution >= 0.6 is 11.6 Å². The van der Waals surface area contributed by atoms with Crippen LogP contribution in [0.15, 0.2) is 42.5 Å². The third-order valence-corrected chi connectivity index (χ3v) is 5.93. The van der Waals surface area contributed by atoms with Gasteiger partial charge in [0.1, 0.15) is 0 Å². The zero-order valence-corrected chi connectivity index (χ0v) is 16.2. The zero-order chi connectivity index (χ0) is 18.5. The van der Waals surface area contributed by atoms with Crippen LogP contribution in [0.3, 0.4) is 0 Å². The summed E-state index contributed by atoms with van der Waals surface area (Å²) in [6, 6.07) is 14.3. The summed E-state index contributed by atoms with van der Waals surface area (Å²) in [5, 5.41) is 13.4. The normalized spacial score (nSPS) is 19.3. The molecule has 1 aliphatic heterocycles. The van der Waals surface area contributed by atoms with Gasteiger partial charge in [-0.15, -0.1) is 5.10 Å². The fourth-order valence-electron chi connectivity index (χ4n) is 3.78. The third-order valence-electron chi connectivity index (χ3n) is 5.52. The number of halogens is 1. The van der Waals surface area contributed by atoms with Gasteiger partial charge in [-0.2, -0.15) is 4.68 Å². The molecule has 0 aliphatic carbocycles. The van der Waals surface area contributed by atoms with Crippen molar-refractivity contribution in [1.29, 1.82) is 0 Å². The molecule has 0 saturated carbocycles. The van der Waals surface area contributed by atoms with E-state index in [0.29, 0.717) is 5.02 Å². The van der Waals surface area contributed by atoms with Crippen LogP contribution < -0.4 is 0 Å². The van der Waals surface area contributed by atoms with E-state index >= 15 is 0 Å². The number of tetrazole rings is 1. The molecule has 1 atom stereocenters. The molecule has 0 radical (unpaired) electrons. The van der Waals surface area contributed by atoms with Crippen LogP contribution in [0.4, 0.5) is 0 Å². The second-order valence-electron chi connectivity index (χ2n) is 7.53.